The molecule has 1 rings (SSSR count). The average Bonchev–Trinajstić information content (AvgIpc) is 2.37. The first-order chi connectivity index (χ1) is 8.47. The Morgan fingerprint density at radius 1 is 1.61 bits per heavy atom. The SMILES string of the molecule is CN(CC/C(N)=N/O)C(=O)c1cccc(Cl)c1F. The number of benzene rings is 1. The molecule has 3 N–H and O–H groups in total. The van der Waals surface area contributed by atoms with E-state index in [2.05, 4.69) is 5.16 Å². The Morgan fingerprint density at radius 2 is 2.28 bits per heavy atom. The van der Waals surface area contributed by atoms with Crippen LogP contribution in [0.15, 0.2) is 23.4 Å². The van der Waals surface area contributed by atoms with Crippen LogP contribution in [0, 0.1) is 5.82 Å². The van der Waals surface area contributed by atoms with Gasteiger partial charge in [0, 0.05) is 20.0 Å². The van der Waals surface area contributed by atoms with Gasteiger partial charge in [-0.1, -0.05) is 22.8 Å². The maximum atomic E-state index is 13.6. The zero-order valence-electron chi connectivity index (χ0n) is 9.73. The van der Waals surface area contributed by atoms with Gasteiger partial charge in [-0.3, -0.25) is 4.79 Å². The quantitative estimate of drug-likeness (QED) is 0.379. The van der Waals surface area contributed by atoms with Gasteiger partial charge in [0.25, 0.3) is 5.91 Å². The van der Waals surface area contributed by atoms with Gasteiger partial charge >= 0.3 is 0 Å². The number of hydrogen-bond acceptors (Lipinski definition) is 3. The summed E-state index contributed by atoms with van der Waals surface area (Å²) < 4.78 is 13.6. The average molecular weight is 274 g/mol. The van der Waals surface area contributed by atoms with Crippen LogP contribution in [0.2, 0.25) is 5.02 Å². The molecule has 0 aliphatic rings. The summed E-state index contributed by atoms with van der Waals surface area (Å²) in [5, 5.41) is 11.0. The number of amidine groups is 1. The van der Waals surface area contributed by atoms with E-state index in [1.807, 2.05) is 0 Å². The molecule has 0 radical (unpaired) electrons. The summed E-state index contributed by atoms with van der Waals surface area (Å²) >= 11 is 5.59. The molecule has 0 aliphatic heterocycles. The van der Waals surface area contributed by atoms with Crippen molar-refractivity contribution in [2.24, 2.45) is 10.9 Å². The Morgan fingerprint density at radius 3 is 2.89 bits per heavy atom. The molecule has 1 amide bonds. The van der Waals surface area contributed by atoms with E-state index < -0.39 is 11.7 Å². The lowest BCUT2D eigenvalue weighted by Gasteiger charge is -2.17. The van der Waals surface area contributed by atoms with Gasteiger partial charge in [-0.2, -0.15) is 0 Å². The van der Waals surface area contributed by atoms with E-state index in [1.165, 1.54) is 30.1 Å². The molecule has 0 atom stereocenters. The number of rotatable bonds is 4. The van der Waals surface area contributed by atoms with E-state index in [1.54, 1.807) is 0 Å². The van der Waals surface area contributed by atoms with E-state index in [4.69, 9.17) is 22.5 Å². The maximum absolute atomic E-state index is 13.6. The molecule has 0 aliphatic carbocycles. The molecule has 1 aromatic carbocycles. The number of hydrogen-bond donors (Lipinski definition) is 2. The lowest BCUT2D eigenvalue weighted by Crippen LogP contribution is -2.31. The van der Waals surface area contributed by atoms with Gasteiger partial charge in [-0.15, -0.1) is 0 Å². The highest BCUT2D eigenvalue weighted by Crippen LogP contribution is 2.18. The number of carbonyl (C=O) groups is 1. The van der Waals surface area contributed by atoms with E-state index >= 15 is 0 Å². The van der Waals surface area contributed by atoms with E-state index in [9.17, 15) is 9.18 Å². The molecular formula is C11H13ClFN3O2. The first kappa shape index (κ1) is 14.2. The second-order valence-electron chi connectivity index (χ2n) is 3.67. The van der Waals surface area contributed by atoms with Crippen LogP contribution < -0.4 is 5.73 Å². The monoisotopic (exact) mass is 273 g/mol. The Balaban J connectivity index is 2.78. The number of halogens is 2. The first-order valence-electron chi connectivity index (χ1n) is 5.13. The Kier molecular flexibility index (Phi) is 4.91. The summed E-state index contributed by atoms with van der Waals surface area (Å²) in [6.07, 6.45) is 0.195. The van der Waals surface area contributed by atoms with Crippen molar-refractivity contribution in [2.75, 3.05) is 13.6 Å². The molecule has 98 valence electrons. The number of nitrogens with zero attached hydrogens (tertiary/aromatic N) is 2. The molecule has 7 heteroatoms. The van der Waals surface area contributed by atoms with Gasteiger partial charge in [0.1, 0.15) is 5.84 Å². The third kappa shape index (κ3) is 3.33. The van der Waals surface area contributed by atoms with Crippen molar-refractivity contribution in [3.63, 3.8) is 0 Å². The lowest BCUT2D eigenvalue weighted by molar-refractivity contribution is 0.0794. The Bertz CT molecular complexity index is 479. The zero-order chi connectivity index (χ0) is 13.7. The van der Waals surface area contributed by atoms with E-state index in [0.717, 1.165) is 0 Å². The normalized spacial score (nSPS) is 11.4. The lowest BCUT2D eigenvalue weighted by atomic mass is 10.2. The van der Waals surface area contributed by atoms with Crippen molar-refractivity contribution >= 4 is 23.3 Å². The summed E-state index contributed by atoms with van der Waals surface area (Å²) in [5.41, 5.74) is 5.17. The summed E-state index contributed by atoms with van der Waals surface area (Å²) in [6.45, 7) is 0.209. The van der Waals surface area contributed by atoms with Crippen LogP contribution in [0.3, 0.4) is 0 Å². The number of amides is 1. The van der Waals surface area contributed by atoms with Crippen LogP contribution in [0.1, 0.15) is 16.8 Å². The van der Waals surface area contributed by atoms with Crippen molar-refractivity contribution < 1.29 is 14.4 Å². The van der Waals surface area contributed by atoms with Crippen molar-refractivity contribution in [2.45, 2.75) is 6.42 Å². The van der Waals surface area contributed by atoms with Crippen LogP contribution in [0.4, 0.5) is 4.39 Å². The molecular weight excluding hydrogens is 261 g/mol. The summed E-state index contributed by atoms with van der Waals surface area (Å²) in [4.78, 5) is 13.2. The molecule has 1 aromatic rings. The zero-order valence-corrected chi connectivity index (χ0v) is 10.5. The second-order valence-corrected chi connectivity index (χ2v) is 4.08. The minimum Gasteiger partial charge on any atom is -0.409 e. The Labute approximate surface area is 109 Å². The van der Waals surface area contributed by atoms with Crippen molar-refractivity contribution in [1.82, 2.24) is 4.90 Å². The summed E-state index contributed by atoms with van der Waals surface area (Å²) in [7, 11) is 1.49. The summed E-state index contributed by atoms with van der Waals surface area (Å²) in [6, 6.07) is 4.21. The van der Waals surface area contributed by atoms with Gasteiger partial charge in [-0.25, -0.2) is 4.39 Å². The van der Waals surface area contributed by atoms with Crippen LogP contribution in [-0.4, -0.2) is 35.4 Å². The predicted molar refractivity (Wildman–Crippen MR) is 66.4 cm³/mol. The molecule has 18 heavy (non-hydrogen) atoms. The maximum Gasteiger partial charge on any atom is 0.256 e. The molecule has 0 bridgehead atoms. The molecule has 0 saturated carbocycles. The highest BCUT2D eigenvalue weighted by atomic mass is 35.5. The summed E-state index contributed by atoms with van der Waals surface area (Å²) in [5.74, 6) is -1.26. The van der Waals surface area contributed by atoms with Gasteiger partial charge in [-0.05, 0) is 12.1 Å². The van der Waals surface area contributed by atoms with Crippen molar-refractivity contribution in [3.05, 3.63) is 34.6 Å². The van der Waals surface area contributed by atoms with Crippen molar-refractivity contribution in [1.29, 1.82) is 0 Å². The highest BCUT2D eigenvalue weighted by molar-refractivity contribution is 6.31. The van der Waals surface area contributed by atoms with Crippen LogP contribution in [0.5, 0.6) is 0 Å². The standard InChI is InChI=1S/C11H13ClFN3O2/c1-16(6-5-9(14)15-18)11(17)7-3-2-4-8(12)10(7)13/h2-4,18H,5-6H2,1H3,(H2,14,15). The molecule has 5 nitrogen and oxygen atoms in total. The molecule has 0 saturated heterocycles. The molecule has 0 heterocycles. The van der Waals surface area contributed by atoms with Gasteiger partial charge < -0.3 is 15.8 Å². The van der Waals surface area contributed by atoms with Gasteiger partial charge in [0.15, 0.2) is 5.82 Å². The Hall–Kier alpha value is -1.82. The fourth-order valence-electron chi connectivity index (χ4n) is 1.31. The smallest absolute Gasteiger partial charge is 0.256 e. The van der Waals surface area contributed by atoms with Gasteiger partial charge in [0.2, 0.25) is 0 Å². The van der Waals surface area contributed by atoms with Crippen molar-refractivity contribution in [3.8, 4) is 0 Å². The largest absolute Gasteiger partial charge is 0.409 e. The molecule has 0 unspecified atom stereocenters. The minimum atomic E-state index is -0.750. The second kappa shape index (κ2) is 6.20. The van der Waals surface area contributed by atoms with E-state index in [0.29, 0.717) is 0 Å². The van der Waals surface area contributed by atoms with Gasteiger partial charge in [0.05, 0.1) is 10.6 Å². The van der Waals surface area contributed by atoms with Crippen LogP contribution in [0.25, 0.3) is 0 Å². The van der Waals surface area contributed by atoms with E-state index in [-0.39, 0.29) is 29.4 Å². The third-order valence-corrected chi connectivity index (χ3v) is 2.65. The minimum absolute atomic E-state index is 0.00113. The van der Waals surface area contributed by atoms with Crippen LogP contribution in [-0.2, 0) is 0 Å². The molecule has 0 aromatic heterocycles. The first-order valence-corrected chi connectivity index (χ1v) is 5.51. The number of carbonyl (C=O) groups excluding carboxylic acids is 1. The topological polar surface area (TPSA) is 78.9 Å². The highest BCUT2D eigenvalue weighted by Gasteiger charge is 2.17. The number of oxime groups is 1. The fourth-order valence-corrected chi connectivity index (χ4v) is 1.48. The molecule has 0 spiro atoms. The number of nitrogens with two attached hydrogens (primary N) is 1. The van der Waals surface area contributed by atoms with Crippen LogP contribution >= 0.6 is 11.6 Å². The third-order valence-electron chi connectivity index (χ3n) is 2.36. The predicted octanol–water partition coefficient (Wildman–Crippen LogP) is 1.69. The fraction of sp³-hybridized carbons (Fsp3) is 0.273. The molecule has 0 fully saturated rings.